The molecule has 0 amide bonds. The van der Waals surface area contributed by atoms with E-state index in [4.69, 9.17) is 0 Å². The van der Waals surface area contributed by atoms with Crippen LogP contribution in [-0.4, -0.2) is 25.7 Å². The largest absolute Gasteiger partial charge is 0.393 e. The van der Waals surface area contributed by atoms with Crippen LogP contribution in [0.15, 0.2) is 18.6 Å². The van der Waals surface area contributed by atoms with Crippen molar-refractivity contribution >= 4 is 11.0 Å². The lowest BCUT2D eigenvalue weighted by atomic mass is 10.0. The standard InChI is InChI=1S/C15H21N3O/c1-3-14-13-6-7-18(15(13)17-9-16-14)12-5-4-11(8-12)10(2)19/h6-7,9-12,19H,3-5,8H2,1-2H3. The van der Waals surface area contributed by atoms with Gasteiger partial charge in [0.1, 0.15) is 12.0 Å². The van der Waals surface area contributed by atoms with Gasteiger partial charge in [-0.05, 0) is 44.6 Å². The molecule has 1 saturated carbocycles. The summed E-state index contributed by atoms with van der Waals surface area (Å²) in [5, 5.41) is 10.9. The number of hydrogen-bond donors (Lipinski definition) is 1. The van der Waals surface area contributed by atoms with Crippen molar-refractivity contribution in [2.45, 2.75) is 51.7 Å². The van der Waals surface area contributed by atoms with Gasteiger partial charge >= 0.3 is 0 Å². The van der Waals surface area contributed by atoms with Gasteiger partial charge in [0.25, 0.3) is 0 Å². The van der Waals surface area contributed by atoms with Crippen molar-refractivity contribution in [1.29, 1.82) is 0 Å². The van der Waals surface area contributed by atoms with E-state index >= 15 is 0 Å². The third kappa shape index (κ3) is 2.14. The van der Waals surface area contributed by atoms with Crippen LogP contribution >= 0.6 is 0 Å². The fourth-order valence-electron chi connectivity index (χ4n) is 3.28. The fourth-order valence-corrected chi connectivity index (χ4v) is 3.28. The Bertz CT molecular complexity index is 576. The second kappa shape index (κ2) is 4.93. The van der Waals surface area contributed by atoms with Crippen molar-refractivity contribution in [2.75, 3.05) is 0 Å². The SMILES string of the molecule is CCc1ncnc2c1ccn2C1CCC(C(C)O)C1. The number of hydrogen-bond acceptors (Lipinski definition) is 3. The molecule has 2 aromatic heterocycles. The molecule has 0 bridgehead atoms. The molecule has 0 aliphatic heterocycles. The molecule has 0 aromatic carbocycles. The Balaban J connectivity index is 1.94. The van der Waals surface area contributed by atoms with Crippen molar-refractivity contribution in [3.8, 4) is 0 Å². The predicted molar refractivity (Wildman–Crippen MR) is 75.0 cm³/mol. The summed E-state index contributed by atoms with van der Waals surface area (Å²) in [6.45, 7) is 4.02. The molecule has 2 aromatic rings. The zero-order valence-electron chi connectivity index (χ0n) is 11.6. The number of nitrogens with zero attached hydrogens (tertiary/aromatic N) is 3. The molecule has 2 heterocycles. The van der Waals surface area contributed by atoms with Crippen molar-refractivity contribution in [1.82, 2.24) is 14.5 Å². The zero-order valence-corrected chi connectivity index (χ0v) is 11.6. The minimum atomic E-state index is -0.201. The molecule has 4 nitrogen and oxygen atoms in total. The molecular weight excluding hydrogens is 238 g/mol. The van der Waals surface area contributed by atoms with Crippen LogP contribution in [0.4, 0.5) is 0 Å². The summed E-state index contributed by atoms with van der Waals surface area (Å²) >= 11 is 0. The minimum absolute atomic E-state index is 0.201. The molecule has 3 unspecified atom stereocenters. The van der Waals surface area contributed by atoms with Gasteiger partial charge in [0, 0.05) is 17.6 Å². The highest BCUT2D eigenvalue weighted by Gasteiger charge is 2.29. The Hall–Kier alpha value is -1.42. The zero-order chi connectivity index (χ0) is 13.4. The number of aliphatic hydroxyl groups excluding tert-OH is 1. The molecule has 3 rings (SSSR count). The monoisotopic (exact) mass is 259 g/mol. The summed E-state index contributed by atoms with van der Waals surface area (Å²) in [6, 6.07) is 2.60. The van der Waals surface area contributed by atoms with Gasteiger partial charge in [-0.3, -0.25) is 0 Å². The smallest absolute Gasteiger partial charge is 0.143 e. The molecule has 102 valence electrons. The lowest BCUT2D eigenvalue weighted by Gasteiger charge is -2.16. The fraction of sp³-hybridized carbons (Fsp3) is 0.600. The van der Waals surface area contributed by atoms with Gasteiger partial charge in [-0.15, -0.1) is 0 Å². The van der Waals surface area contributed by atoms with Crippen LogP contribution in [0.1, 0.15) is 44.8 Å². The molecule has 0 spiro atoms. The third-order valence-electron chi connectivity index (χ3n) is 4.45. The van der Waals surface area contributed by atoms with E-state index in [0.29, 0.717) is 12.0 Å². The summed E-state index contributed by atoms with van der Waals surface area (Å²) in [5.74, 6) is 0.426. The Kier molecular flexibility index (Phi) is 3.27. The lowest BCUT2D eigenvalue weighted by molar-refractivity contribution is 0.127. The van der Waals surface area contributed by atoms with Crippen molar-refractivity contribution in [2.24, 2.45) is 5.92 Å². The molecule has 1 aliphatic carbocycles. The van der Waals surface area contributed by atoms with Gasteiger partial charge < -0.3 is 9.67 Å². The van der Waals surface area contributed by atoms with Crippen LogP contribution in [0.5, 0.6) is 0 Å². The Morgan fingerprint density at radius 2 is 2.26 bits per heavy atom. The Morgan fingerprint density at radius 1 is 1.42 bits per heavy atom. The van der Waals surface area contributed by atoms with E-state index in [1.165, 1.54) is 5.39 Å². The first-order valence-electron chi connectivity index (χ1n) is 7.19. The lowest BCUT2D eigenvalue weighted by Crippen LogP contribution is -2.14. The number of rotatable bonds is 3. The first kappa shape index (κ1) is 12.6. The highest BCUT2D eigenvalue weighted by Crippen LogP contribution is 2.38. The summed E-state index contributed by atoms with van der Waals surface area (Å²) in [7, 11) is 0. The number of fused-ring (bicyclic) bond motifs is 1. The molecule has 3 atom stereocenters. The van der Waals surface area contributed by atoms with Gasteiger partial charge in [-0.25, -0.2) is 9.97 Å². The summed E-state index contributed by atoms with van der Waals surface area (Å²) in [4.78, 5) is 8.80. The summed E-state index contributed by atoms with van der Waals surface area (Å²) < 4.78 is 2.28. The number of aromatic nitrogens is 3. The highest BCUT2D eigenvalue weighted by molar-refractivity contribution is 5.78. The average molecular weight is 259 g/mol. The third-order valence-corrected chi connectivity index (χ3v) is 4.45. The van der Waals surface area contributed by atoms with Crippen molar-refractivity contribution < 1.29 is 5.11 Å². The van der Waals surface area contributed by atoms with E-state index in [0.717, 1.165) is 37.0 Å². The van der Waals surface area contributed by atoms with Crippen LogP contribution in [0.2, 0.25) is 0 Å². The Labute approximate surface area is 113 Å². The molecule has 19 heavy (non-hydrogen) atoms. The summed E-state index contributed by atoms with van der Waals surface area (Å²) in [6.07, 6.45) is 7.81. The first-order chi connectivity index (χ1) is 9.20. The normalized spacial score (nSPS) is 25.0. The van der Waals surface area contributed by atoms with Crippen LogP contribution in [0.25, 0.3) is 11.0 Å². The van der Waals surface area contributed by atoms with E-state index in [2.05, 4.69) is 33.7 Å². The number of aryl methyl sites for hydroxylation is 1. The van der Waals surface area contributed by atoms with E-state index in [1.807, 2.05) is 6.92 Å². The molecular formula is C15H21N3O. The molecule has 0 radical (unpaired) electrons. The van der Waals surface area contributed by atoms with Crippen LogP contribution < -0.4 is 0 Å². The van der Waals surface area contributed by atoms with Gasteiger partial charge in [-0.1, -0.05) is 6.92 Å². The predicted octanol–water partition coefficient (Wildman–Crippen LogP) is 2.72. The second-order valence-electron chi connectivity index (χ2n) is 5.60. The summed E-state index contributed by atoms with van der Waals surface area (Å²) in [5.41, 5.74) is 2.16. The van der Waals surface area contributed by atoms with Crippen LogP contribution in [-0.2, 0) is 6.42 Å². The number of aliphatic hydroxyl groups is 1. The maximum absolute atomic E-state index is 9.73. The molecule has 1 N–H and O–H groups in total. The van der Waals surface area contributed by atoms with Gasteiger partial charge in [0.2, 0.25) is 0 Å². The topological polar surface area (TPSA) is 50.9 Å². The van der Waals surface area contributed by atoms with Gasteiger partial charge in [0.05, 0.1) is 11.8 Å². The molecule has 1 aliphatic rings. The van der Waals surface area contributed by atoms with Crippen molar-refractivity contribution in [3.63, 3.8) is 0 Å². The maximum Gasteiger partial charge on any atom is 0.143 e. The average Bonchev–Trinajstić information content (AvgIpc) is 3.04. The minimum Gasteiger partial charge on any atom is -0.393 e. The van der Waals surface area contributed by atoms with Crippen molar-refractivity contribution in [3.05, 3.63) is 24.3 Å². The second-order valence-corrected chi connectivity index (χ2v) is 5.60. The quantitative estimate of drug-likeness (QED) is 0.922. The molecule has 1 fully saturated rings. The van der Waals surface area contributed by atoms with Crippen LogP contribution in [0, 0.1) is 5.92 Å². The van der Waals surface area contributed by atoms with E-state index in [9.17, 15) is 5.11 Å². The highest BCUT2D eigenvalue weighted by atomic mass is 16.3. The molecule has 0 saturated heterocycles. The Morgan fingerprint density at radius 3 is 2.95 bits per heavy atom. The maximum atomic E-state index is 9.73. The van der Waals surface area contributed by atoms with E-state index < -0.39 is 0 Å². The van der Waals surface area contributed by atoms with Gasteiger partial charge in [0.15, 0.2) is 0 Å². The van der Waals surface area contributed by atoms with E-state index in [-0.39, 0.29) is 6.10 Å². The van der Waals surface area contributed by atoms with Crippen LogP contribution in [0.3, 0.4) is 0 Å². The first-order valence-corrected chi connectivity index (χ1v) is 7.19. The molecule has 4 heteroatoms. The van der Waals surface area contributed by atoms with Gasteiger partial charge in [-0.2, -0.15) is 0 Å². The van der Waals surface area contributed by atoms with E-state index in [1.54, 1.807) is 6.33 Å².